The highest BCUT2D eigenvalue weighted by atomic mass is 32.9. The third-order valence-corrected chi connectivity index (χ3v) is 1.46. The summed E-state index contributed by atoms with van der Waals surface area (Å²) in [7, 11) is 0. The van der Waals surface area contributed by atoms with Crippen molar-refractivity contribution in [1.29, 1.82) is 0 Å². The van der Waals surface area contributed by atoms with Crippen LogP contribution in [0.2, 0.25) is 0 Å². The van der Waals surface area contributed by atoms with E-state index in [1.54, 1.807) is 0 Å². The van der Waals surface area contributed by atoms with E-state index in [4.69, 9.17) is 10.5 Å². The van der Waals surface area contributed by atoms with Gasteiger partial charge in [0.2, 0.25) is 0 Å². The monoisotopic (exact) mass is 162 g/mol. The zero-order chi connectivity index (χ0) is 5.91. The summed E-state index contributed by atoms with van der Waals surface area (Å²) in [5, 5.41) is 15.4. The lowest BCUT2D eigenvalue weighted by atomic mass is 14.9. The number of hydrogen-bond acceptors (Lipinski definition) is 5. The van der Waals surface area contributed by atoms with E-state index < -0.39 is 5.69 Å². The fourth-order valence-electron chi connectivity index (χ4n) is 0.0149. The molecule has 0 spiro atoms. The van der Waals surface area contributed by atoms with Crippen LogP contribution in [0.3, 0.4) is 0 Å². The Labute approximate surface area is 50.2 Å². The van der Waals surface area contributed by atoms with Gasteiger partial charge in [-0.05, 0) is 11.8 Å². The van der Waals surface area contributed by atoms with Gasteiger partial charge in [0.25, 0.3) is 0 Å². The van der Waals surface area contributed by atoms with Crippen molar-refractivity contribution in [1.82, 2.24) is 0 Å². The van der Waals surface area contributed by atoms with Crippen LogP contribution >= 0.6 is 17.9 Å². The molecule has 44 valence electrons. The Hall–Kier alpha value is 0.840. The van der Waals surface area contributed by atoms with E-state index in [1.165, 1.54) is 0 Å². The Morgan fingerprint density at radius 1 is 1.43 bits per heavy atom. The smallest absolute Gasteiger partial charge is 0.244 e. The van der Waals surface area contributed by atoms with Gasteiger partial charge in [0, 0.05) is 0 Å². The fraction of sp³-hybridized carbons (Fsp3) is 0. The largest absolute Gasteiger partial charge is 0.304 e. The van der Waals surface area contributed by atoms with Crippen molar-refractivity contribution in [3.63, 3.8) is 0 Å². The molecule has 0 atom stereocenters. The van der Waals surface area contributed by atoms with Crippen molar-refractivity contribution in [3.8, 4) is 0 Å². The molecule has 0 amide bonds. The summed E-state index contributed by atoms with van der Waals surface area (Å²) in [6.45, 7) is 0. The highest BCUT2D eigenvalue weighted by Gasteiger charge is 2.09. The van der Waals surface area contributed by atoms with Crippen LogP contribution in [-0.2, 0) is 21.2 Å². The van der Waals surface area contributed by atoms with Crippen molar-refractivity contribution in [3.05, 3.63) is 0 Å². The van der Waals surface area contributed by atoms with E-state index >= 15 is 0 Å². The van der Waals surface area contributed by atoms with Gasteiger partial charge in [-0.1, -0.05) is 12.2 Å². The van der Waals surface area contributed by atoms with Crippen molar-refractivity contribution in [2.75, 3.05) is 0 Å². The molecule has 0 rings (SSSR count). The average molecular weight is 162 g/mol. The quantitative estimate of drug-likeness (QED) is 0.246. The average Bonchev–Trinajstić information content (AvgIpc) is 1.68. The Kier molecular flexibility index (Phi) is 3.34. The summed E-state index contributed by atoms with van der Waals surface area (Å²) >= 11 is 7.54. The lowest BCUT2D eigenvalue weighted by Crippen LogP contribution is -1.77. The molecule has 0 aromatic carbocycles. The predicted octanol–water partition coefficient (Wildman–Crippen LogP) is 1.12. The molecule has 0 fully saturated rings. The van der Waals surface area contributed by atoms with E-state index in [0.29, 0.717) is 0 Å². The second-order valence-corrected chi connectivity index (χ2v) is 5.73. The van der Waals surface area contributed by atoms with Crippen LogP contribution in [0, 0.1) is 0 Å². The van der Waals surface area contributed by atoms with Crippen LogP contribution in [0.1, 0.15) is 0 Å². The number of thiol groups is 1. The van der Waals surface area contributed by atoms with Gasteiger partial charge in [-0.15, -0.1) is 0 Å². The zero-order valence-electron chi connectivity index (χ0n) is 3.01. The predicted molar refractivity (Wildman–Crippen MR) is 30.7 cm³/mol. The molecule has 0 radical (unpaired) electrons. The van der Waals surface area contributed by atoms with Crippen LogP contribution in [0.15, 0.2) is 0 Å². The van der Waals surface area contributed by atoms with Gasteiger partial charge >= 0.3 is 5.69 Å². The van der Waals surface area contributed by atoms with E-state index in [2.05, 4.69) is 33.4 Å². The Bertz CT molecular complexity index is 81.7. The zero-order valence-corrected chi connectivity index (χ0v) is 5.62. The first kappa shape index (κ1) is 7.84. The SMILES string of the molecule is OOP(=S)(S)OO. The molecule has 0 saturated heterocycles. The summed E-state index contributed by atoms with van der Waals surface area (Å²) in [5.41, 5.74) is -3.02. The van der Waals surface area contributed by atoms with Crippen molar-refractivity contribution in [2.24, 2.45) is 0 Å². The molecule has 0 unspecified atom stereocenters. The summed E-state index contributed by atoms with van der Waals surface area (Å²) in [4.78, 5) is 0. The van der Waals surface area contributed by atoms with Crippen LogP contribution in [0.4, 0.5) is 0 Å². The van der Waals surface area contributed by atoms with Crippen molar-refractivity contribution >= 4 is 29.7 Å². The van der Waals surface area contributed by atoms with E-state index in [9.17, 15) is 0 Å². The molecule has 4 nitrogen and oxygen atoms in total. The van der Waals surface area contributed by atoms with E-state index in [1.807, 2.05) is 0 Å². The highest BCUT2D eigenvalue weighted by Crippen LogP contribution is 2.51. The number of rotatable bonds is 2. The highest BCUT2D eigenvalue weighted by molar-refractivity contribution is 8.60. The number of hydrogen-bond donors (Lipinski definition) is 3. The third kappa shape index (κ3) is 3.42. The Morgan fingerprint density at radius 3 is 1.71 bits per heavy atom. The normalized spacial score (nSPS) is 11.9. The lowest BCUT2D eigenvalue weighted by Gasteiger charge is -2.02. The van der Waals surface area contributed by atoms with E-state index in [-0.39, 0.29) is 0 Å². The first-order chi connectivity index (χ1) is 3.12. The maximum atomic E-state index is 7.68. The standard InChI is InChI=1S/H3O4PS2/c1-3-5(6,7)4-2/h1-2H,(H,6,7). The second-order valence-electron chi connectivity index (χ2n) is 0.632. The summed E-state index contributed by atoms with van der Waals surface area (Å²) in [5.74, 6) is 0. The van der Waals surface area contributed by atoms with Crippen molar-refractivity contribution < 1.29 is 19.9 Å². The molecular weight excluding hydrogens is 159 g/mol. The topological polar surface area (TPSA) is 58.9 Å². The molecule has 0 aliphatic rings. The van der Waals surface area contributed by atoms with Crippen LogP contribution in [0.5, 0.6) is 0 Å². The van der Waals surface area contributed by atoms with E-state index in [0.717, 1.165) is 0 Å². The molecule has 7 heteroatoms. The minimum absolute atomic E-state index is 3.02. The first-order valence-electron chi connectivity index (χ1n) is 1.11. The van der Waals surface area contributed by atoms with Crippen LogP contribution in [-0.4, -0.2) is 10.5 Å². The van der Waals surface area contributed by atoms with Gasteiger partial charge in [0.05, 0.1) is 0 Å². The summed E-state index contributed by atoms with van der Waals surface area (Å²) in [6.07, 6.45) is 0. The lowest BCUT2D eigenvalue weighted by molar-refractivity contribution is -0.190. The van der Waals surface area contributed by atoms with Crippen molar-refractivity contribution in [2.45, 2.75) is 0 Å². The second kappa shape index (κ2) is 2.99. The maximum Gasteiger partial charge on any atom is 0.304 e. The summed E-state index contributed by atoms with van der Waals surface area (Å²) in [6, 6.07) is 0. The Balaban J connectivity index is 3.61. The first-order valence-corrected chi connectivity index (χ1v) is 4.90. The molecule has 0 saturated carbocycles. The van der Waals surface area contributed by atoms with Gasteiger partial charge in [-0.2, -0.15) is 9.35 Å². The van der Waals surface area contributed by atoms with Crippen LogP contribution in [0.25, 0.3) is 0 Å². The molecule has 0 heterocycles. The minimum atomic E-state index is -3.02. The molecule has 0 aliphatic heterocycles. The molecular formula is H3O4PS2. The molecule has 0 aromatic heterocycles. The van der Waals surface area contributed by atoms with Gasteiger partial charge in [0.1, 0.15) is 0 Å². The van der Waals surface area contributed by atoms with Crippen LogP contribution < -0.4 is 0 Å². The Morgan fingerprint density at radius 2 is 1.71 bits per heavy atom. The molecule has 2 N–H and O–H groups in total. The molecule has 0 aliphatic carbocycles. The van der Waals surface area contributed by atoms with Gasteiger partial charge < -0.3 is 0 Å². The molecule has 0 bridgehead atoms. The summed E-state index contributed by atoms with van der Waals surface area (Å²) < 4.78 is 6.81. The van der Waals surface area contributed by atoms with Gasteiger partial charge in [-0.25, -0.2) is 10.5 Å². The molecule has 0 aromatic rings. The molecule has 7 heavy (non-hydrogen) atoms. The van der Waals surface area contributed by atoms with Gasteiger partial charge in [-0.3, -0.25) is 0 Å². The maximum absolute atomic E-state index is 7.68. The van der Waals surface area contributed by atoms with Gasteiger partial charge in [0.15, 0.2) is 0 Å². The third-order valence-electron chi connectivity index (χ3n) is 0.206. The minimum Gasteiger partial charge on any atom is -0.244 e. The fourth-order valence-corrected chi connectivity index (χ4v) is 0.0447.